The van der Waals surface area contributed by atoms with E-state index in [1.807, 2.05) is 57.1 Å². The van der Waals surface area contributed by atoms with Crippen LogP contribution in [0.4, 0.5) is 5.82 Å². The van der Waals surface area contributed by atoms with Crippen molar-refractivity contribution >= 4 is 11.7 Å². The SMILES string of the molecule is CCN(CC)c1nc(-c2ccc(OC)cc2)ncc1C(=O)NCCN(C)C. The number of hydrogen-bond donors (Lipinski definition) is 1. The molecule has 0 saturated heterocycles. The lowest BCUT2D eigenvalue weighted by Gasteiger charge is -2.23. The summed E-state index contributed by atoms with van der Waals surface area (Å²) < 4.78 is 5.20. The van der Waals surface area contributed by atoms with Gasteiger partial charge in [0.1, 0.15) is 17.1 Å². The van der Waals surface area contributed by atoms with Crippen molar-refractivity contribution in [1.82, 2.24) is 20.2 Å². The zero-order chi connectivity index (χ0) is 19.8. The Labute approximate surface area is 161 Å². The van der Waals surface area contributed by atoms with E-state index in [0.717, 1.165) is 30.9 Å². The molecule has 0 aliphatic carbocycles. The van der Waals surface area contributed by atoms with Crippen LogP contribution in [0.2, 0.25) is 0 Å². The zero-order valence-corrected chi connectivity index (χ0v) is 16.8. The standard InChI is InChI=1S/C20H29N5O2/c1-6-25(7-2)19-17(20(26)21-12-13-24(3)4)14-22-18(23-19)15-8-10-16(27-5)11-9-15/h8-11,14H,6-7,12-13H2,1-5H3,(H,21,26). The molecule has 146 valence electrons. The number of likely N-dealkylation sites (N-methyl/N-ethyl adjacent to an activating group) is 1. The fourth-order valence-electron chi connectivity index (χ4n) is 2.66. The predicted octanol–water partition coefficient (Wildman–Crippen LogP) is 2.29. The van der Waals surface area contributed by atoms with E-state index in [0.29, 0.717) is 23.8 Å². The highest BCUT2D eigenvalue weighted by molar-refractivity contribution is 5.98. The van der Waals surface area contributed by atoms with E-state index >= 15 is 0 Å². The smallest absolute Gasteiger partial charge is 0.256 e. The average molecular weight is 371 g/mol. The molecule has 1 aromatic carbocycles. The summed E-state index contributed by atoms with van der Waals surface area (Å²) in [7, 11) is 5.58. The lowest BCUT2D eigenvalue weighted by molar-refractivity contribution is 0.0951. The van der Waals surface area contributed by atoms with Gasteiger partial charge in [-0.25, -0.2) is 9.97 Å². The van der Waals surface area contributed by atoms with Crippen LogP contribution in [0.25, 0.3) is 11.4 Å². The highest BCUT2D eigenvalue weighted by Crippen LogP contribution is 2.24. The van der Waals surface area contributed by atoms with Crippen molar-refractivity contribution < 1.29 is 9.53 Å². The maximum absolute atomic E-state index is 12.7. The van der Waals surface area contributed by atoms with E-state index in [1.165, 1.54) is 0 Å². The summed E-state index contributed by atoms with van der Waals surface area (Å²) in [6.07, 6.45) is 1.62. The number of ether oxygens (including phenoxy) is 1. The molecule has 1 N–H and O–H groups in total. The van der Waals surface area contributed by atoms with E-state index in [1.54, 1.807) is 13.3 Å². The molecule has 1 aromatic heterocycles. The molecule has 1 amide bonds. The Morgan fingerprint density at radius 2 is 1.81 bits per heavy atom. The van der Waals surface area contributed by atoms with E-state index in [9.17, 15) is 4.79 Å². The first-order chi connectivity index (χ1) is 13.0. The van der Waals surface area contributed by atoms with Gasteiger partial charge < -0.3 is 19.9 Å². The van der Waals surface area contributed by atoms with Gasteiger partial charge >= 0.3 is 0 Å². The normalized spacial score (nSPS) is 10.7. The minimum Gasteiger partial charge on any atom is -0.497 e. The van der Waals surface area contributed by atoms with Crippen molar-refractivity contribution in [3.8, 4) is 17.1 Å². The van der Waals surface area contributed by atoms with E-state index in [2.05, 4.69) is 15.2 Å². The molecule has 0 unspecified atom stereocenters. The van der Waals surface area contributed by atoms with Crippen LogP contribution < -0.4 is 15.0 Å². The highest BCUT2D eigenvalue weighted by Gasteiger charge is 2.19. The minimum atomic E-state index is -0.153. The molecule has 0 radical (unpaired) electrons. The molecule has 0 atom stereocenters. The quantitative estimate of drug-likeness (QED) is 0.729. The Morgan fingerprint density at radius 1 is 1.15 bits per heavy atom. The van der Waals surface area contributed by atoms with Crippen LogP contribution in [0.5, 0.6) is 5.75 Å². The molecule has 0 spiro atoms. The number of rotatable bonds is 9. The van der Waals surface area contributed by atoms with Crippen LogP contribution in [0.15, 0.2) is 30.5 Å². The number of aromatic nitrogens is 2. The fraction of sp³-hybridized carbons (Fsp3) is 0.450. The van der Waals surface area contributed by atoms with Crippen molar-refractivity contribution in [3.05, 3.63) is 36.0 Å². The third-order valence-electron chi connectivity index (χ3n) is 4.27. The van der Waals surface area contributed by atoms with Gasteiger partial charge in [0.15, 0.2) is 5.82 Å². The third-order valence-corrected chi connectivity index (χ3v) is 4.27. The average Bonchev–Trinajstić information content (AvgIpc) is 2.68. The van der Waals surface area contributed by atoms with Crippen molar-refractivity contribution in [3.63, 3.8) is 0 Å². The molecule has 0 bridgehead atoms. The number of nitrogens with one attached hydrogen (secondary N) is 1. The van der Waals surface area contributed by atoms with Gasteiger partial charge in [-0.15, -0.1) is 0 Å². The topological polar surface area (TPSA) is 70.6 Å². The molecule has 27 heavy (non-hydrogen) atoms. The maximum Gasteiger partial charge on any atom is 0.256 e. The molecule has 0 aliphatic heterocycles. The first kappa shape index (κ1) is 20.6. The highest BCUT2D eigenvalue weighted by atomic mass is 16.5. The second-order valence-corrected chi connectivity index (χ2v) is 6.39. The molecule has 0 fully saturated rings. The lowest BCUT2D eigenvalue weighted by Crippen LogP contribution is -2.33. The number of carbonyl (C=O) groups excluding carboxylic acids is 1. The second kappa shape index (κ2) is 9.87. The molecule has 7 nitrogen and oxygen atoms in total. The summed E-state index contributed by atoms with van der Waals surface area (Å²) in [6, 6.07) is 7.57. The van der Waals surface area contributed by atoms with Crippen LogP contribution in [0.3, 0.4) is 0 Å². The van der Waals surface area contributed by atoms with Gasteiger partial charge in [-0.1, -0.05) is 0 Å². The summed E-state index contributed by atoms with van der Waals surface area (Å²) >= 11 is 0. The Morgan fingerprint density at radius 3 is 2.37 bits per heavy atom. The van der Waals surface area contributed by atoms with Crippen molar-refractivity contribution in [2.75, 3.05) is 52.3 Å². The number of amides is 1. The molecular formula is C20H29N5O2. The number of benzene rings is 1. The van der Waals surface area contributed by atoms with Gasteiger partial charge in [0.05, 0.1) is 7.11 Å². The summed E-state index contributed by atoms with van der Waals surface area (Å²) in [6.45, 7) is 6.96. The summed E-state index contributed by atoms with van der Waals surface area (Å²) in [5.41, 5.74) is 1.37. The van der Waals surface area contributed by atoms with Gasteiger partial charge in [0.25, 0.3) is 5.91 Å². The van der Waals surface area contributed by atoms with E-state index in [4.69, 9.17) is 9.72 Å². The second-order valence-electron chi connectivity index (χ2n) is 6.39. The van der Waals surface area contributed by atoms with Gasteiger partial charge in [-0.3, -0.25) is 4.79 Å². The molecular weight excluding hydrogens is 342 g/mol. The van der Waals surface area contributed by atoms with Crippen molar-refractivity contribution in [2.24, 2.45) is 0 Å². The zero-order valence-electron chi connectivity index (χ0n) is 16.8. The summed E-state index contributed by atoms with van der Waals surface area (Å²) in [5.74, 6) is 1.87. The fourth-order valence-corrected chi connectivity index (χ4v) is 2.66. The molecule has 2 rings (SSSR count). The first-order valence-electron chi connectivity index (χ1n) is 9.19. The number of carbonyl (C=O) groups is 1. The van der Waals surface area contributed by atoms with Crippen LogP contribution in [0, 0.1) is 0 Å². The van der Waals surface area contributed by atoms with Crippen molar-refractivity contribution in [1.29, 1.82) is 0 Å². The lowest BCUT2D eigenvalue weighted by atomic mass is 10.2. The Bertz CT molecular complexity index is 743. The Balaban J connectivity index is 2.34. The predicted molar refractivity (Wildman–Crippen MR) is 108 cm³/mol. The molecule has 1 heterocycles. The molecule has 0 saturated carbocycles. The first-order valence-corrected chi connectivity index (χ1v) is 9.19. The van der Waals surface area contributed by atoms with Gasteiger partial charge in [-0.05, 0) is 52.2 Å². The van der Waals surface area contributed by atoms with Crippen molar-refractivity contribution in [2.45, 2.75) is 13.8 Å². The Kier molecular flexibility index (Phi) is 7.55. The minimum absolute atomic E-state index is 0.153. The molecule has 7 heteroatoms. The molecule has 2 aromatic rings. The van der Waals surface area contributed by atoms with Gasteiger partial charge in [0.2, 0.25) is 0 Å². The maximum atomic E-state index is 12.7. The van der Waals surface area contributed by atoms with Gasteiger partial charge in [0, 0.05) is 37.9 Å². The number of hydrogen-bond acceptors (Lipinski definition) is 6. The summed E-state index contributed by atoms with van der Waals surface area (Å²) in [5, 5.41) is 2.94. The number of nitrogens with zero attached hydrogens (tertiary/aromatic N) is 4. The van der Waals surface area contributed by atoms with E-state index < -0.39 is 0 Å². The molecule has 0 aliphatic rings. The largest absolute Gasteiger partial charge is 0.497 e. The van der Waals surface area contributed by atoms with Crippen LogP contribution >= 0.6 is 0 Å². The number of anilines is 1. The van der Waals surface area contributed by atoms with Crippen LogP contribution in [0.1, 0.15) is 24.2 Å². The number of methoxy groups -OCH3 is 1. The van der Waals surface area contributed by atoms with E-state index in [-0.39, 0.29) is 5.91 Å². The van der Waals surface area contributed by atoms with Crippen LogP contribution in [-0.4, -0.2) is 68.2 Å². The Hall–Kier alpha value is -2.67. The monoisotopic (exact) mass is 371 g/mol. The third kappa shape index (κ3) is 5.40. The van der Waals surface area contributed by atoms with Gasteiger partial charge in [-0.2, -0.15) is 0 Å². The summed E-state index contributed by atoms with van der Waals surface area (Å²) in [4.78, 5) is 25.9. The van der Waals surface area contributed by atoms with Crippen LogP contribution in [-0.2, 0) is 0 Å².